The van der Waals surface area contributed by atoms with Crippen LogP contribution in [0.3, 0.4) is 0 Å². The van der Waals surface area contributed by atoms with Crippen molar-refractivity contribution in [3.8, 4) is 45.3 Å². The molecule has 0 saturated heterocycles. The molecule has 5 aromatic rings. The third-order valence-corrected chi connectivity index (χ3v) is 6.26. The summed E-state index contributed by atoms with van der Waals surface area (Å²) in [6.07, 6.45) is 0. The number of hydrogen-bond acceptors (Lipinski definition) is 3. The predicted octanol–water partition coefficient (Wildman–Crippen LogP) is 7.89. The summed E-state index contributed by atoms with van der Waals surface area (Å²) in [5.74, 6) is 0.413. The largest absolute Gasteiger partial charge is 0.497 e. The van der Waals surface area contributed by atoms with Crippen molar-refractivity contribution in [1.29, 1.82) is 0 Å². The molecular formula is C29H20Cl2N2O3. The Labute approximate surface area is 218 Å². The molecule has 0 amide bonds. The number of nitrogens with zero attached hydrogens (tertiary/aromatic N) is 2. The van der Waals surface area contributed by atoms with Crippen LogP contribution >= 0.6 is 23.2 Å². The molecule has 0 aliphatic carbocycles. The van der Waals surface area contributed by atoms with Crippen molar-refractivity contribution >= 4 is 29.2 Å². The first-order valence-corrected chi connectivity index (χ1v) is 11.8. The fourth-order valence-electron chi connectivity index (χ4n) is 4.10. The van der Waals surface area contributed by atoms with Gasteiger partial charge in [0.1, 0.15) is 11.6 Å². The van der Waals surface area contributed by atoms with E-state index < -0.39 is 5.97 Å². The minimum Gasteiger partial charge on any atom is -0.497 e. The maximum atomic E-state index is 11.5. The van der Waals surface area contributed by atoms with Crippen LogP contribution < -0.4 is 4.74 Å². The lowest BCUT2D eigenvalue weighted by atomic mass is 10.0. The van der Waals surface area contributed by atoms with Gasteiger partial charge < -0.3 is 9.84 Å². The van der Waals surface area contributed by atoms with E-state index in [9.17, 15) is 9.90 Å². The third kappa shape index (κ3) is 4.59. The van der Waals surface area contributed by atoms with E-state index in [1.807, 2.05) is 77.4 Å². The number of hydrogen-bond donors (Lipinski definition) is 1. The van der Waals surface area contributed by atoms with E-state index >= 15 is 0 Å². The molecule has 0 spiro atoms. The van der Waals surface area contributed by atoms with Gasteiger partial charge in [0.05, 0.1) is 24.1 Å². The summed E-state index contributed by atoms with van der Waals surface area (Å²) in [6, 6.07) is 29.4. The molecule has 1 N–H and O–H groups in total. The monoisotopic (exact) mass is 514 g/mol. The average molecular weight is 515 g/mol. The summed E-state index contributed by atoms with van der Waals surface area (Å²) >= 11 is 12.8. The topological polar surface area (TPSA) is 64.4 Å². The van der Waals surface area contributed by atoms with Crippen molar-refractivity contribution < 1.29 is 14.6 Å². The molecule has 1 heterocycles. The highest BCUT2D eigenvalue weighted by Crippen LogP contribution is 2.40. The maximum Gasteiger partial charge on any atom is 0.335 e. The molecule has 0 unspecified atom stereocenters. The van der Waals surface area contributed by atoms with Crippen LogP contribution in [0.25, 0.3) is 39.6 Å². The first-order chi connectivity index (χ1) is 17.4. The van der Waals surface area contributed by atoms with Gasteiger partial charge in [-0.1, -0.05) is 47.5 Å². The van der Waals surface area contributed by atoms with Gasteiger partial charge in [0, 0.05) is 32.4 Å². The number of carboxylic acids is 1. The van der Waals surface area contributed by atoms with Crippen LogP contribution in [0.5, 0.6) is 5.75 Å². The first-order valence-electron chi connectivity index (χ1n) is 11.1. The highest BCUT2D eigenvalue weighted by atomic mass is 35.5. The average Bonchev–Trinajstić information content (AvgIpc) is 3.29. The fourth-order valence-corrected chi connectivity index (χ4v) is 4.48. The Hall–Kier alpha value is -4.06. The van der Waals surface area contributed by atoms with E-state index in [1.54, 1.807) is 31.4 Å². The van der Waals surface area contributed by atoms with Gasteiger partial charge in [0.25, 0.3) is 0 Å². The summed E-state index contributed by atoms with van der Waals surface area (Å²) < 4.78 is 7.35. The van der Waals surface area contributed by atoms with Crippen molar-refractivity contribution in [1.82, 2.24) is 9.55 Å². The van der Waals surface area contributed by atoms with Crippen molar-refractivity contribution in [2.75, 3.05) is 7.11 Å². The fraction of sp³-hybridized carbons (Fsp3) is 0.0345. The lowest BCUT2D eigenvalue weighted by Gasteiger charge is -2.14. The lowest BCUT2D eigenvalue weighted by molar-refractivity contribution is 0.0697. The summed E-state index contributed by atoms with van der Waals surface area (Å²) in [6.45, 7) is 0. The van der Waals surface area contributed by atoms with Crippen LogP contribution in [0.1, 0.15) is 10.4 Å². The molecule has 0 bridgehead atoms. The summed E-state index contributed by atoms with van der Waals surface area (Å²) in [7, 11) is 1.62. The number of methoxy groups -OCH3 is 1. The van der Waals surface area contributed by atoms with Gasteiger partial charge in [-0.3, -0.25) is 4.57 Å². The number of imidazole rings is 1. The van der Waals surface area contributed by atoms with Gasteiger partial charge >= 0.3 is 5.97 Å². The number of aromatic nitrogens is 2. The zero-order chi connectivity index (χ0) is 25.2. The minimum absolute atomic E-state index is 0.198. The molecule has 5 rings (SSSR count). The Morgan fingerprint density at radius 3 is 2.00 bits per heavy atom. The molecule has 5 nitrogen and oxygen atoms in total. The number of ether oxygens (including phenoxy) is 1. The van der Waals surface area contributed by atoms with Crippen LogP contribution in [0.15, 0.2) is 97.1 Å². The molecule has 0 radical (unpaired) electrons. The molecule has 0 fully saturated rings. The quantitative estimate of drug-likeness (QED) is 0.250. The normalized spacial score (nSPS) is 10.9. The van der Waals surface area contributed by atoms with Crippen LogP contribution in [0, 0.1) is 0 Å². The highest BCUT2D eigenvalue weighted by molar-refractivity contribution is 6.31. The van der Waals surface area contributed by atoms with Crippen molar-refractivity contribution in [3.05, 3.63) is 113 Å². The van der Waals surface area contributed by atoms with Crippen LogP contribution in [-0.2, 0) is 0 Å². The summed E-state index contributed by atoms with van der Waals surface area (Å²) in [5.41, 5.74) is 5.02. The number of benzene rings is 4. The number of carbonyl (C=O) groups is 1. The van der Waals surface area contributed by atoms with Crippen molar-refractivity contribution in [2.24, 2.45) is 0 Å². The number of rotatable bonds is 6. The van der Waals surface area contributed by atoms with Crippen LogP contribution in [0.4, 0.5) is 0 Å². The zero-order valence-electron chi connectivity index (χ0n) is 19.2. The van der Waals surface area contributed by atoms with Crippen molar-refractivity contribution in [3.63, 3.8) is 0 Å². The zero-order valence-corrected chi connectivity index (χ0v) is 20.7. The van der Waals surface area contributed by atoms with E-state index in [2.05, 4.69) is 0 Å². The SMILES string of the molecule is COc1ccc(-c2nc(-c3cccc(Cl)c3)c(-c3cccc(Cl)c3)n2-c2ccc(C(=O)O)cc2)cc1. The molecule has 36 heavy (non-hydrogen) atoms. The Morgan fingerprint density at radius 2 is 1.42 bits per heavy atom. The second kappa shape index (κ2) is 9.90. The standard InChI is InChI=1S/C29H20Cl2N2O3/c1-36-25-14-10-18(11-15-25)28-32-26(20-4-2-6-22(30)16-20)27(21-5-3-7-23(31)17-21)33(28)24-12-8-19(9-13-24)29(34)35/h2-17H,1H3,(H,34,35). The lowest BCUT2D eigenvalue weighted by Crippen LogP contribution is -2.02. The number of carboxylic acid groups (broad SMARTS) is 1. The first kappa shape index (κ1) is 23.7. The molecule has 0 aliphatic heterocycles. The predicted molar refractivity (Wildman–Crippen MR) is 143 cm³/mol. The smallest absolute Gasteiger partial charge is 0.335 e. The molecule has 1 aromatic heterocycles. The Kier molecular flexibility index (Phi) is 6.51. The summed E-state index contributed by atoms with van der Waals surface area (Å²) in [5, 5.41) is 10.6. The van der Waals surface area contributed by atoms with Crippen molar-refractivity contribution in [2.45, 2.75) is 0 Å². The molecule has 0 atom stereocenters. The van der Waals surface area contributed by atoms with Gasteiger partial charge in [-0.2, -0.15) is 0 Å². The Balaban J connectivity index is 1.86. The minimum atomic E-state index is -0.989. The van der Waals surface area contributed by atoms with Gasteiger partial charge in [-0.15, -0.1) is 0 Å². The third-order valence-electron chi connectivity index (χ3n) is 5.79. The molecular weight excluding hydrogens is 495 g/mol. The van der Waals surface area contributed by atoms with E-state index in [-0.39, 0.29) is 5.56 Å². The maximum absolute atomic E-state index is 11.5. The van der Waals surface area contributed by atoms with Gasteiger partial charge in [0.15, 0.2) is 0 Å². The highest BCUT2D eigenvalue weighted by Gasteiger charge is 2.23. The van der Waals surface area contributed by atoms with Crippen LogP contribution in [-0.4, -0.2) is 27.7 Å². The number of halogens is 2. The second-order valence-corrected chi connectivity index (χ2v) is 8.94. The Bertz CT molecular complexity index is 1560. The molecule has 4 aromatic carbocycles. The molecule has 7 heteroatoms. The van der Waals surface area contributed by atoms with E-state index in [0.29, 0.717) is 21.6 Å². The molecule has 0 saturated carbocycles. The number of aromatic carboxylic acids is 1. The van der Waals surface area contributed by atoms with Gasteiger partial charge in [0.2, 0.25) is 0 Å². The second-order valence-electron chi connectivity index (χ2n) is 8.07. The van der Waals surface area contributed by atoms with Gasteiger partial charge in [-0.25, -0.2) is 9.78 Å². The van der Waals surface area contributed by atoms with Gasteiger partial charge in [-0.05, 0) is 72.8 Å². The van der Waals surface area contributed by atoms with E-state index in [0.717, 1.165) is 33.8 Å². The van der Waals surface area contributed by atoms with E-state index in [4.69, 9.17) is 32.9 Å². The summed E-state index contributed by atoms with van der Waals surface area (Å²) in [4.78, 5) is 16.6. The van der Waals surface area contributed by atoms with E-state index in [1.165, 1.54) is 0 Å². The Morgan fingerprint density at radius 1 is 0.806 bits per heavy atom. The molecule has 178 valence electrons. The molecule has 0 aliphatic rings. The van der Waals surface area contributed by atoms with Crippen LogP contribution in [0.2, 0.25) is 10.0 Å².